The minimum atomic E-state index is 0.0827. The van der Waals surface area contributed by atoms with E-state index in [1.807, 2.05) is 47.4 Å². The molecule has 1 aliphatic rings. The van der Waals surface area contributed by atoms with Crippen LogP contribution >= 0.6 is 15.9 Å². The summed E-state index contributed by atoms with van der Waals surface area (Å²) < 4.78 is 6.93. The topological polar surface area (TPSA) is 29.5 Å². The molecule has 4 heteroatoms. The Bertz CT molecular complexity index is 659. The van der Waals surface area contributed by atoms with Crippen LogP contribution in [0, 0.1) is 0 Å². The number of carbonyl (C=O) groups excluding carboxylic acids is 1. The van der Waals surface area contributed by atoms with Gasteiger partial charge in [-0.25, -0.2) is 0 Å². The zero-order chi connectivity index (χ0) is 16.1. The van der Waals surface area contributed by atoms with Crippen LogP contribution in [0.25, 0.3) is 0 Å². The van der Waals surface area contributed by atoms with E-state index in [0.717, 1.165) is 29.4 Å². The van der Waals surface area contributed by atoms with Gasteiger partial charge in [0.2, 0.25) is 0 Å². The summed E-state index contributed by atoms with van der Waals surface area (Å²) in [5.41, 5.74) is 1.89. The molecule has 0 saturated carbocycles. The molecule has 0 radical (unpaired) electrons. The average Bonchev–Trinajstić information content (AvgIpc) is 2.60. The van der Waals surface area contributed by atoms with Gasteiger partial charge in [0, 0.05) is 23.1 Å². The molecule has 0 N–H and O–H groups in total. The van der Waals surface area contributed by atoms with E-state index in [-0.39, 0.29) is 12.0 Å². The summed E-state index contributed by atoms with van der Waals surface area (Å²) in [6.07, 6.45) is 2.11. The molecule has 3 nitrogen and oxygen atoms in total. The third-order valence-corrected chi connectivity index (χ3v) is 4.56. The minimum absolute atomic E-state index is 0.0827. The minimum Gasteiger partial charge on any atom is -0.372 e. The van der Waals surface area contributed by atoms with E-state index < -0.39 is 0 Å². The molecule has 0 aromatic heterocycles. The van der Waals surface area contributed by atoms with Gasteiger partial charge in [0.1, 0.15) is 0 Å². The van der Waals surface area contributed by atoms with Crippen LogP contribution in [0.1, 0.15) is 28.8 Å². The monoisotopic (exact) mass is 373 g/mol. The summed E-state index contributed by atoms with van der Waals surface area (Å²) in [5.74, 6) is 0.0827. The fourth-order valence-electron chi connectivity index (χ4n) is 2.85. The summed E-state index contributed by atoms with van der Waals surface area (Å²) in [4.78, 5) is 14.5. The lowest BCUT2D eigenvalue weighted by Crippen LogP contribution is -2.43. The number of piperidine rings is 1. The van der Waals surface area contributed by atoms with Crippen molar-refractivity contribution in [1.29, 1.82) is 0 Å². The summed E-state index contributed by atoms with van der Waals surface area (Å²) in [6, 6.07) is 17.7. The van der Waals surface area contributed by atoms with Crippen molar-refractivity contribution < 1.29 is 9.53 Å². The quantitative estimate of drug-likeness (QED) is 0.800. The van der Waals surface area contributed by atoms with E-state index in [4.69, 9.17) is 4.74 Å². The Morgan fingerprint density at radius 3 is 2.78 bits per heavy atom. The molecule has 120 valence electrons. The zero-order valence-corrected chi connectivity index (χ0v) is 14.5. The average molecular weight is 374 g/mol. The Kier molecular flexibility index (Phi) is 5.47. The predicted molar refractivity (Wildman–Crippen MR) is 94.3 cm³/mol. The third-order valence-electron chi connectivity index (χ3n) is 4.07. The van der Waals surface area contributed by atoms with E-state index in [9.17, 15) is 4.79 Å². The number of halogens is 1. The maximum atomic E-state index is 12.6. The van der Waals surface area contributed by atoms with Crippen LogP contribution in [-0.2, 0) is 11.3 Å². The second-order valence-electron chi connectivity index (χ2n) is 5.82. The van der Waals surface area contributed by atoms with E-state index >= 15 is 0 Å². The molecule has 1 amide bonds. The van der Waals surface area contributed by atoms with E-state index in [2.05, 4.69) is 28.1 Å². The summed E-state index contributed by atoms with van der Waals surface area (Å²) in [7, 11) is 0. The van der Waals surface area contributed by atoms with Crippen molar-refractivity contribution in [2.45, 2.75) is 25.6 Å². The molecule has 0 aliphatic carbocycles. The molecule has 2 aromatic rings. The number of nitrogens with zero attached hydrogens (tertiary/aromatic N) is 1. The largest absolute Gasteiger partial charge is 0.372 e. The molecule has 0 spiro atoms. The normalized spacial score (nSPS) is 18.0. The first-order valence-electron chi connectivity index (χ1n) is 7.93. The Labute approximate surface area is 145 Å². The highest BCUT2D eigenvalue weighted by molar-refractivity contribution is 9.10. The van der Waals surface area contributed by atoms with Gasteiger partial charge in [-0.3, -0.25) is 4.79 Å². The molecular weight excluding hydrogens is 354 g/mol. The molecule has 1 unspecified atom stereocenters. The Morgan fingerprint density at radius 2 is 2.00 bits per heavy atom. The van der Waals surface area contributed by atoms with Gasteiger partial charge in [0.15, 0.2) is 0 Å². The summed E-state index contributed by atoms with van der Waals surface area (Å²) >= 11 is 3.42. The molecule has 3 rings (SSSR count). The first-order valence-corrected chi connectivity index (χ1v) is 8.72. The number of carbonyl (C=O) groups is 1. The molecule has 1 saturated heterocycles. The van der Waals surface area contributed by atoms with Crippen molar-refractivity contribution in [1.82, 2.24) is 4.90 Å². The van der Waals surface area contributed by atoms with E-state index in [0.29, 0.717) is 13.2 Å². The van der Waals surface area contributed by atoms with Crippen molar-refractivity contribution in [3.63, 3.8) is 0 Å². The van der Waals surface area contributed by atoms with Crippen LogP contribution in [0.2, 0.25) is 0 Å². The molecule has 23 heavy (non-hydrogen) atoms. The third kappa shape index (κ3) is 4.43. The predicted octanol–water partition coefficient (Wildman–Crippen LogP) is 4.27. The number of ether oxygens (including phenoxy) is 1. The molecule has 0 bridgehead atoms. The zero-order valence-electron chi connectivity index (χ0n) is 13.0. The SMILES string of the molecule is O=C(c1cccc(Br)c1)N1CCCC(OCc2ccccc2)C1. The fraction of sp³-hybridized carbons (Fsp3) is 0.316. The van der Waals surface area contributed by atoms with Gasteiger partial charge >= 0.3 is 0 Å². The summed E-state index contributed by atoms with van der Waals surface area (Å²) in [6.45, 7) is 2.07. The summed E-state index contributed by atoms with van der Waals surface area (Å²) in [5, 5.41) is 0. The number of rotatable bonds is 4. The van der Waals surface area contributed by atoms with E-state index in [1.165, 1.54) is 5.56 Å². The molecule has 2 aromatic carbocycles. The fourth-order valence-corrected chi connectivity index (χ4v) is 3.25. The van der Waals surface area contributed by atoms with Crippen molar-refractivity contribution in [3.05, 3.63) is 70.2 Å². The van der Waals surface area contributed by atoms with Gasteiger partial charge in [0.05, 0.1) is 12.7 Å². The number of benzene rings is 2. The molecule has 1 aliphatic heterocycles. The lowest BCUT2D eigenvalue weighted by atomic mass is 10.1. The van der Waals surface area contributed by atoms with Crippen molar-refractivity contribution >= 4 is 21.8 Å². The van der Waals surface area contributed by atoms with Crippen LogP contribution in [-0.4, -0.2) is 30.0 Å². The Morgan fingerprint density at radius 1 is 1.17 bits per heavy atom. The standard InChI is InChI=1S/C19H20BrNO2/c20-17-9-4-8-16(12-17)19(22)21-11-5-10-18(13-21)23-14-15-6-2-1-3-7-15/h1-4,6-9,12,18H,5,10-11,13-14H2. The van der Waals surface area contributed by atoms with Crippen molar-refractivity contribution in [3.8, 4) is 0 Å². The smallest absolute Gasteiger partial charge is 0.253 e. The first-order chi connectivity index (χ1) is 11.2. The first kappa shape index (κ1) is 16.2. The van der Waals surface area contributed by atoms with Crippen molar-refractivity contribution in [2.24, 2.45) is 0 Å². The number of hydrogen-bond acceptors (Lipinski definition) is 2. The highest BCUT2D eigenvalue weighted by Gasteiger charge is 2.25. The van der Waals surface area contributed by atoms with E-state index in [1.54, 1.807) is 0 Å². The number of hydrogen-bond donors (Lipinski definition) is 0. The maximum absolute atomic E-state index is 12.6. The lowest BCUT2D eigenvalue weighted by Gasteiger charge is -2.32. The Balaban J connectivity index is 1.58. The van der Waals surface area contributed by atoms with Crippen LogP contribution < -0.4 is 0 Å². The highest BCUT2D eigenvalue weighted by Crippen LogP contribution is 2.19. The number of likely N-dealkylation sites (tertiary alicyclic amines) is 1. The van der Waals surface area contributed by atoms with Gasteiger partial charge in [-0.2, -0.15) is 0 Å². The van der Waals surface area contributed by atoms with Crippen molar-refractivity contribution in [2.75, 3.05) is 13.1 Å². The van der Waals surface area contributed by atoms with Gasteiger partial charge in [0.25, 0.3) is 5.91 Å². The molecule has 1 fully saturated rings. The van der Waals surface area contributed by atoms with Gasteiger partial charge in [-0.05, 0) is 36.6 Å². The number of amides is 1. The molecular formula is C19H20BrNO2. The molecule has 1 heterocycles. The second-order valence-corrected chi connectivity index (χ2v) is 6.74. The van der Waals surface area contributed by atoms with Crippen LogP contribution in [0.3, 0.4) is 0 Å². The van der Waals surface area contributed by atoms with Crippen LogP contribution in [0.5, 0.6) is 0 Å². The lowest BCUT2D eigenvalue weighted by molar-refractivity contribution is -0.00672. The molecule has 1 atom stereocenters. The highest BCUT2D eigenvalue weighted by atomic mass is 79.9. The van der Waals surface area contributed by atoms with Gasteiger partial charge in [-0.1, -0.05) is 52.3 Å². The maximum Gasteiger partial charge on any atom is 0.253 e. The van der Waals surface area contributed by atoms with Crippen LogP contribution in [0.4, 0.5) is 0 Å². The Hall–Kier alpha value is -1.65. The van der Waals surface area contributed by atoms with Gasteiger partial charge < -0.3 is 9.64 Å². The van der Waals surface area contributed by atoms with Gasteiger partial charge in [-0.15, -0.1) is 0 Å². The second kappa shape index (κ2) is 7.75. The van der Waals surface area contributed by atoms with Crippen LogP contribution in [0.15, 0.2) is 59.1 Å².